The van der Waals surface area contributed by atoms with Crippen molar-refractivity contribution in [3.63, 3.8) is 0 Å². The highest BCUT2D eigenvalue weighted by Crippen LogP contribution is 2.16. The summed E-state index contributed by atoms with van der Waals surface area (Å²) < 4.78 is 13.0. The molecule has 0 atom stereocenters. The minimum absolute atomic E-state index is 0.312. The highest BCUT2D eigenvalue weighted by Gasteiger charge is 1.99. The van der Waals surface area contributed by atoms with Gasteiger partial charge in [-0.15, -0.1) is 0 Å². The predicted octanol–water partition coefficient (Wildman–Crippen LogP) is 1.96. The molecule has 12 heavy (non-hydrogen) atoms. The molecule has 0 aliphatic rings. The Labute approximate surface area is 68.8 Å². The number of anilines is 1. The minimum atomic E-state index is -0.312. The number of nitrogens with zero attached hydrogens (tertiary/aromatic N) is 1. The number of para-hydroxylation sites is 1. The molecule has 1 heterocycles. The molecule has 0 aliphatic heterocycles. The Hall–Kier alpha value is -1.64. The van der Waals surface area contributed by atoms with Gasteiger partial charge in [0.05, 0.1) is 11.9 Å². The summed E-state index contributed by atoms with van der Waals surface area (Å²) >= 11 is 0. The molecule has 0 radical (unpaired) electrons. The second kappa shape index (κ2) is 2.44. The summed E-state index contributed by atoms with van der Waals surface area (Å²) in [5, 5.41) is 0.731. The summed E-state index contributed by atoms with van der Waals surface area (Å²) in [6.45, 7) is 0. The van der Waals surface area contributed by atoms with E-state index in [0.717, 1.165) is 5.39 Å². The number of fused-ring (bicyclic) bond motifs is 1. The molecule has 0 amide bonds. The Bertz CT molecular complexity index is 426. The Morgan fingerprint density at radius 2 is 2.17 bits per heavy atom. The van der Waals surface area contributed by atoms with E-state index >= 15 is 0 Å². The van der Waals surface area contributed by atoms with E-state index in [9.17, 15) is 4.39 Å². The molecule has 3 heteroatoms. The molecule has 0 saturated carbocycles. The van der Waals surface area contributed by atoms with E-state index in [1.54, 1.807) is 18.2 Å². The molecule has 0 bridgehead atoms. The lowest BCUT2D eigenvalue weighted by atomic mass is 10.2. The van der Waals surface area contributed by atoms with Gasteiger partial charge >= 0.3 is 0 Å². The molecule has 60 valence electrons. The van der Waals surface area contributed by atoms with Gasteiger partial charge < -0.3 is 5.73 Å². The van der Waals surface area contributed by atoms with Crippen LogP contribution in [0.3, 0.4) is 0 Å². The van der Waals surface area contributed by atoms with E-state index in [-0.39, 0.29) is 5.82 Å². The van der Waals surface area contributed by atoms with Crippen LogP contribution in [0.2, 0.25) is 0 Å². The van der Waals surface area contributed by atoms with Crippen molar-refractivity contribution in [1.29, 1.82) is 0 Å². The maximum atomic E-state index is 13.0. The van der Waals surface area contributed by atoms with Crippen LogP contribution in [0, 0.1) is 5.82 Å². The van der Waals surface area contributed by atoms with E-state index in [0.29, 0.717) is 11.2 Å². The average Bonchev–Trinajstić information content (AvgIpc) is 2.04. The monoisotopic (exact) mass is 162 g/mol. The Kier molecular flexibility index (Phi) is 1.43. The van der Waals surface area contributed by atoms with Gasteiger partial charge in [0.25, 0.3) is 0 Å². The summed E-state index contributed by atoms with van der Waals surface area (Å²) in [4.78, 5) is 3.88. The molecule has 1 aromatic heterocycles. The number of nitrogens with two attached hydrogens (primary N) is 1. The van der Waals surface area contributed by atoms with Crippen LogP contribution in [0.5, 0.6) is 0 Å². The lowest BCUT2D eigenvalue weighted by Crippen LogP contribution is -1.88. The largest absolute Gasteiger partial charge is 0.397 e. The first-order chi connectivity index (χ1) is 5.77. The second-order valence-corrected chi connectivity index (χ2v) is 2.58. The smallest absolute Gasteiger partial charge is 0.149 e. The van der Waals surface area contributed by atoms with Crippen molar-refractivity contribution >= 4 is 16.6 Å². The van der Waals surface area contributed by atoms with E-state index in [1.807, 2.05) is 0 Å². The lowest BCUT2D eigenvalue weighted by molar-refractivity contribution is 0.637. The van der Waals surface area contributed by atoms with E-state index in [1.165, 1.54) is 12.3 Å². The topological polar surface area (TPSA) is 38.9 Å². The van der Waals surface area contributed by atoms with Crippen molar-refractivity contribution in [3.05, 3.63) is 36.3 Å². The summed E-state index contributed by atoms with van der Waals surface area (Å²) in [5.74, 6) is -0.312. The van der Waals surface area contributed by atoms with Crippen molar-refractivity contribution in [2.24, 2.45) is 0 Å². The van der Waals surface area contributed by atoms with Crippen LogP contribution in [0.1, 0.15) is 0 Å². The van der Waals surface area contributed by atoms with Gasteiger partial charge in [0.15, 0.2) is 0 Å². The summed E-state index contributed by atoms with van der Waals surface area (Å²) in [6, 6.07) is 6.50. The maximum Gasteiger partial charge on any atom is 0.149 e. The predicted molar refractivity (Wildman–Crippen MR) is 46.1 cm³/mol. The zero-order valence-corrected chi connectivity index (χ0v) is 6.29. The van der Waals surface area contributed by atoms with Crippen LogP contribution in [-0.4, -0.2) is 4.98 Å². The highest BCUT2D eigenvalue weighted by atomic mass is 19.1. The van der Waals surface area contributed by atoms with Gasteiger partial charge in [-0.05, 0) is 12.1 Å². The van der Waals surface area contributed by atoms with Crippen LogP contribution in [0.15, 0.2) is 30.5 Å². The first-order valence-corrected chi connectivity index (χ1v) is 3.57. The first kappa shape index (κ1) is 7.03. The number of aromatic nitrogens is 1. The number of nitrogen functional groups attached to an aromatic ring is 1. The van der Waals surface area contributed by atoms with Gasteiger partial charge in [0, 0.05) is 5.39 Å². The number of pyridine rings is 1. The molecule has 2 aromatic rings. The van der Waals surface area contributed by atoms with Crippen LogP contribution >= 0.6 is 0 Å². The van der Waals surface area contributed by atoms with Crippen molar-refractivity contribution in [1.82, 2.24) is 4.98 Å². The van der Waals surface area contributed by atoms with Crippen LogP contribution in [0.4, 0.5) is 10.1 Å². The molecule has 0 fully saturated rings. The summed E-state index contributed by atoms with van der Waals surface area (Å²) in [6.07, 6.45) is 1.45. The molecule has 0 unspecified atom stereocenters. The molecule has 1 aromatic carbocycles. The molecule has 0 spiro atoms. The van der Waals surface area contributed by atoms with Crippen molar-refractivity contribution < 1.29 is 4.39 Å². The Morgan fingerprint density at radius 1 is 1.33 bits per heavy atom. The van der Waals surface area contributed by atoms with Gasteiger partial charge in [-0.2, -0.15) is 0 Å². The minimum Gasteiger partial charge on any atom is -0.397 e. The van der Waals surface area contributed by atoms with Crippen LogP contribution < -0.4 is 5.73 Å². The average molecular weight is 162 g/mol. The molecule has 2 nitrogen and oxygen atoms in total. The molecular formula is C9H7FN2. The third kappa shape index (κ3) is 0.993. The molecule has 2 rings (SSSR count). The molecule has 2 N–H and O–H groups in total. The zero-order chi connectivity index (χ0) is 8.55. The Balaban J connectivity index is 2.86. The molecule has 0 aliphatic carbocycles. The molecular weight excluding hydrogens is 155 g/mol. The third-order valence-corrected chi connectivity index (χ3v) is 1.68. The number of hydrogen-bond acceptors (Lipinski definition) is 2. The van der Waals surface area contributed by atoms with E-state index in [4.69, 9.17) is 5.73 Å². The number of hydrogen-bond donors (Lipinski definition) is 1. The lowest BCUT2D eigenvalue weighted by Gasteiger charge is -1.98. The van der Waals surface area contributed by atoms with Crippen molar-refractivity contribution in [3.8, 4) is 0 Å². The number of halogens is 1. The molecule has 0 saturated heterocycles. The third-order valence-electron chi connectivity index (χ3n) is 1.68. The van der Waals surface area contributed by atoms with Crippen molar-refractivity contribution in [2.45, 2.75) is 0 Å². The maximum absolute atomic E-state index is 13.0. The van der Waals surface area contributed by atoms with E-state index in [2.05, 4.69) is 4.98 Å². The number of rotatable bonds is 0. The van der Waals surface area contributed by atoms with Crippen LogP contribution in [0.25, 0.3) is 10.9 Å². The summed E-state index contributed by atoms with van der Waals surface area (Å²) in [7, 11) is 0. The first-order valence-electron chi connectivity index (χ1n) is 3.57. The van der Waals surface area contributed by atoms with Crippen molar-refractivity contribution in [2.75, 3.05) is 5.73 Å². The van der Waals surface area contributed by atoms with Gasteiger partial charge in [0.1, 0.15) is 11.3 Å². The van der Waals surface area contributed by atoms with Gasteiger partial charge in [-0.25, -0.2) is 4.39 Å². The quantitative estimate of drug-likeness (QED) is 0.643. The second-order valence-electron chi connectivity index (χ2n) is 2.58. The normalized spacial score (nSPS) is 10.4. The van der Waals surface area contributed by atoms with Crippen LogP contribution in [-0.2, 0) is 0 Å². The summed E-state index contributed by atoms with van der Waals surface area (Å²) in [5.41, 5.74) is 6.41. The van der Waals surface area contributed by atoms with Gasteiger partial charge in [-0.3, -0.25) is 4.98 Å². The standard InChI is InChI=1S/C9H7FN2/c10-8-3-1-2-6-4-7(11)5-12-9(6)8/h1-5H,11H2. The van der Waals surface area contributed by atoms with Gasteiger partial charge in [0.2, 0.25) is 0 Å². The fourth-order valence-electron chi connectivity index (χ4n) is 1.14. The highest BCUT2D eigenvalue weighted by molar-refractivity contribution is 5.81. The van der Waals surface area contributed by atoms with E-state index < -0.39 is 0 Å². The number of benzene rings is 1. The fraction of sp³-hybridized carbons (Fsp3) is 0. The van der Waals surface area contributed by atoms with Gasteiger partial charge in [-0.1, -0.05) is 12.1 Å². The SMILES string of the molecule is Nc1cnc2c(F)cccc2c1. The zero-order valence-electron chi connectivity index (χ0n) is 6.29. The fourth-order valence-corrected chi connectivity index (χ4v) is 1.14. The Morgan fingerprint density at radius 3 is 3.00 bits per heavy atom.